The van der Waals surface area contributed by atoms with E-state index in [0.717, 1.165) is 43.9 Å². The van der Waals surface area contributed by atoms with Gasteiger partial charge < -0.3 is 24.9 Å². The van der Waals surface area contributed by atoms with Crippen LogP contribution >= 0.6 is 0 Å². The normalized spacial score (nSPS) is 20.4. The third kappa shape index (κ3) is 4.23. The standard InChI is InChI=1S/C19H26N4O3/c1-14(16-3-4-18-19(9-16)26-13-25-18)23-7-5-22(6-8-23)12-21-11-17(10-20)15(2)24/h3-4,9-12,14-15,20,24H,5-8,13H2,1-2H3/b17-11+,20-10?,21-12+/t14-,15?/m0/s1. The summed E-state index contributed by atoms with van der Waals surface area (Å²) in [5, 5.41) is 16.7. The summed E-state index contributed by atoms with van der Waals surface area (Å²) in [6, 6.07) is 6.46. The number of fused-ring (bicyclic) bond motifs is 1. The second kappa shape index (κ2) is 8.33. The van der Waals surface area contributed by atoms with Crippen molar-refractivity contribution in [2.45, 2.75) is 26.0 Å². The lowest BCUT2D eigenvalue weighted by molar-refractivity contribution is 0.143. The first kappa shape index (κ1) is 18.4. The monoisotopic (exact) mass is 358 g/mol. The van der Waals surface area contributed by atoms with Crippen LogP contribution in [0.25, 0.3) is 0 Å². The Kier molecular flexibility index (Phi) is 5.90. The molecule has 7 nitrogen and oxygen atoms in total. The van der Waals surface area contributed by atoms with Gasteiger partial charge in [-0.25, -0.2) is 4.99 Å². The minimum atomic E-state index is -0.677. The van der Waals surface area contributed by atoms with Crippen molar-refractivity contribution in [1.82, 2.24) is 9.80 Å². The third-order valence-electron chi connectivity index (χ3n) is 4.88. The van der Waals surface area contributed by atoms with Gasteiger partial charge in [0.15, 0.2) is 11.5 Å². The predicted octanol–water partition coefficient (Wildman–Crippen LogP) is 2.04. The number of nitrogens with zero attached hydrogens (tertiary/aromatic N) is 3. The number of aliphatic imine (C=N–C) groups is 1. The van der Waals surface area contributed by atoms with Gasteiger partial charge >= 0.3 is 0 Å². The molecule has 1 aromatic rings. The molecule has 2 aliphatic heterocycles. The number of hydrogen-bond acceptors (Lipinski definition) is 6. The first-order valence-electron chi connectivity index (χ1n) is 8.88. The molecule has 2 atom stereocenters. The van der Waals surface area contributed by atoms with E-state index in [1.807, 2.05) is 6.07 Å². The highest BCUT2D eigenvalue weighted by Gasteiger charge is 2.23. The molecule has 0 radical (unpaired) electrons. The van der Waals surface area contributed by atoms with Gasteiger partial charge in [0.2, 0.25) is 6.79 Å². The van der Waals surface area contributed by atoms with Gasteiger partial charge in [-0.1, -0.05) is 6.07 Å². The molecule has 0 aliphatic carbocycles. The van der Waals surface area contributed by atoms with Gasteiger partial charge in [0, 0.05) is 50.2 Å². The summed E-state index contributed by atoms with van der Waals surface area (Å²) in [6.45, 7) is 7.81. The van der Waals surface area contributed by atoms with E-state index in [1.165, 1.54) is 5.56 Å². The van der Waals surface area contributed by atoms with Gasteiger partial charge in [0.1, 0.15) is 0 Å². The Hall–Kier alpha value is -2.38. The van der Waals surface area contributed by atoms with E-state index in [9.17, 15) is 5.11 Å². The van der Waals surface area contributed by atoms with Crippen LogP contribution in [0.5, 0.6) is 11.5 Å². The molecule has 2 N–H and O–H groups in total. The van der Waals surface area contributed by atoms with Crippen molar-refractivity contribution in [2.75, 3.05) is 33.0 Å². The summed E-state index contributed by atoms with van der Waals surface area (Å²) in [6.07, 6.45) is 3.78. The minimum Gasteiger partial charge on any atom is -0.454 e. The maximum Gasteiger partial charge on any atom is 0.231 e. The van der Waals surface area contributed by atoms with E-state index in [4.69, 9.17) is 14.9 Å². The van der Waals surface area contributed by atoms with Gasteiger partial charge in [-0.05, 0) is 31.5 Å². The Bertz CT molecular complexity index is 694. The van der Waals surface area contributed by atoms with Crippen LogP contribution < -0.4 is 9.47 Å². The first-order chi connectivity index (χ1) is 12.6. The maximum absolute atomic E-state index is 9.48. The number of rotatable bonds is 6. The molecule has 1 unspecified atom stereocenters. The Balaban J connectivity index is 1.54. The number of aliphatic hydroxyl groups is 1. The van der Waals surface area contributed by atoms with Crippen molar-refractivity contribution in [3.8, 4) is 11.5 Å². The Morgan fingerprint density at radius 2 is 1.92 bits per heavy atom. The molecule has 3 rings (SSSR count). The summed E-state index contributed by atoms with van der Waals surface area (Å²) in [7, 11) is 0. The molecule has 7 heteroatoms. The van der Waals surface area contributed by atoms with Gasteiger partial charge in [-0.3, -0.25) is 4.90 Å². The number of nitrogens with one attached hydrogen (secondary N) is 1. The molecule has 0 amide bonds. The number of hydrogen-bond donors (Lipinski definition) is 2. The fourth-order valence-electron chi connectivity index (χ4n) is 3.10. The first-order valence-corrected chi connectivity index (χ1v) is 8.88. The molecule has 0 aromatic heterocycles. The van der Waals surface area contributed by atoms with E-state index >= 15 is 0 Å². The van der Waals surface area contributed by atoms with Crippen molar-refractivity contribution in [2.24, 2.45) is 4.99 Å². The van der Waals surface area contributed by atoms with E-state index < -0.39 is 6.10 Å². The van der Waals surface area contributed by atoms with Crippen molar-refractivity contribution in [3.05, 3.63) is 35.5 Å². The summed E-state index contributed by atoms with van der Waals surface area (Å²) in [5.74, 6) is 1.64. The summed E-state index contributed by atoms with van der Waals surface area (Å²) >= 11 is 0. The minimum absolute atomic E-state index is 0.300. The largest absolute Gasteiger partial charge is 0.454 e. The van der Waals surface area contributed by atoms with Gasteiger partial charge in [-0.15, -0.1) is 0 Å². The average molecular weight is 358 g/mol. The molecule has 0 saturated carbocycles. The van der Waals surface area contributed by atoms with E-state index in [2.05, 4.69) is 33.8 Å². The lowest BCUT2D eigenvalue weighted by atomic mass is 10.1. The SMILES string of the molecule is CC(O)/C(C=N)=C/N=C/N1CCN([C@@H](C)c2ccc3c(c2)OCO3)CC1. The topological polar surface area (TPSA) is 81.4 Å². The number of piperazine rings is 1. The lowest BCUT2D eigenvalue weighted by Gasteiger charge is -2.37. The zero-order chi connectivity index (χ0) is 18.5. The van der Waals surface area contributed by atoms with Gasteiger partial charge in [0.05, 0.1) is 12.4 Å². The van der Waals surface area contributed by atoms with Crippen LogP contribution in [-0.2, 0) is 0 Å². The smallest absolute Gasteiger partial charge is 0.231 e. The average Bonchev–Trinajstić information content (AvgIpc) is 3.12. The fourth-order valence-corrected chi connectivity index (χ4v) is 3.10. The highest BCUT2D eigenvalue weighted by Crippen LogP contribution is 2.35. The van der Waals surface area contributed by atoms with E-state index in [0.29, 0.717) is 18.4 Å². The van der Waals surface area contributed by atoms with Crippen LogP contribution in [0.3, 0.4) is 0 Å². The zero-order valence-corrected chi connectivity index (χ0v) is 15.3. The molecule has 1 fully saturated rings. The van der Waals surface area contributed by atoms with Crippen molar-refractivity contribution < 1.29 is 14.6 Å². The van der Waals surface area contributed by atoms with Crippen molar-refractivity contribution >= 4 is 12.6 Å². The van der Waals surface area contributed by atoms with E-state index in [1.54, 1.807) is 19.5 Å². The molecule has 0 spiro atoms. The highest BCUT2D eigenvalue weighted by molar-refractivity contribution is 5.77. The van der Waals surface area contributed by atoms with Crippen molar-refractivity contribution in [1.29, 1.82) is 5.41 Å². The van der Waals surface area contributed by atoms with E-state index in [-0.39, 0.29) is 0 Å². The highest BCUT2D eigenvalue weighted by atomic mass is 16.7. The quantitative estimate of drug-likeness (QED) is 0.601. The molecule has 26 heavy (non-hydrogen) atoms. The van der Waals surface area contributed by atoms with Gasteiger partial charge in [-0.2, -0.15) is 0 Å². The molecule has 2 heterocycles. The summed E-state index contributed by atoms with van der Waals surface area (Å²) < 4.78 is 10.9. The second-order valence-corrected chi connectivity index (χ2v) is 6.57. The Morgan fingerprint density at radius 3 is 2.62 bits per heavy atom. The molecule has 140 valence electrons. The molecular weight excluding hydrogens is 332 g/mol. The van der Waals surface area contributed by atoms with Gasteiger partial charge in [0.25, 0.3) is 0 Å². The van der Waals surface area contributed by atoms with Crippen LogP contribution in [0.15, 0.2) is 35.0 Å². The number of aliphatic hydroxyl groups excluding tert-OH is 1. The number of benzene rings is 1. The lowest BCUT2D eigenvalue weighted by Crippen LogP contribution is -2.46. The molecular formula is C19H26N4O3. The molecule has 1 saturated heterocycles. The molecule has 2 aliphatic rings. The Morgan fingerprint density at radius 1 is 1.19 bits per heavy atom. The third-order valence-corrected chi connectivity index (χ3v) is 4.88. The zero-order valence-electron chi connectivity index (χ0n) is 15.3. The van der Waals surface area contributed by atoms with Crippen LogP contribution in [-0.4, -0.2) is 66.5 Å². The second-order valence-electron chi connectivity index (χ2n) is 6.57. The Labute approximate surface area is 154 Å². The summed E-state index contributed by atoms with van der Waals surface area (Å²) in [4.78, 5) is 8.83. The van der Waals surface area contributed by atoms with Crippen LogP contribution in [0.2, 0.25) is 0 Å². The summed E-state index contributed by atoms with van der Waals surface area (Å²) in [5.41, 5.74) is 1.73. The van der Waals surface area contributed by atoms with Crippen molar-refractivity contribution in [3.63, 3.8) is 0 Å². The fraction of sp³-hybridized carbons (Fsp3) is 0.474. The molecule has 0 bridgehead atoms. The van der Waals surface area contributed by atoms with Crippen LogP contribution in [0.4, 0.5) is 0 Å². The van der Waals surface area contributed by atoms with Crippen LogP contribution in [0, 0.1) is 5.41 Å². The number of ether oxygens (including phenoxy) is 2. The maximum atomic E-state index is 9.48. The molecule has 1 aromatic carbocycles. The predicted molar refractivity (Wildman–Crippen MR) is 101 cm³/mol. The van der Waals surface area contributed by atoms with Crippen LogP contribution in [0.1, 0.15) is 25.5 Å².